The zero-order valence-corrected chi connectivity index (χ0v) is 19.8. The summed E-state index contributed by atoms with van der Waals surface area (Å²) in [5, 5.41) is 5.30. The summed E-state index contributed by atoms with van der Waals surface area (Å²) in [6, 6.07) is 6.21. The Balaban J connectivity index is 1.70. The van der Waals surface area contributed by atoms with E-state index in [0.29, 0.717) is 12.2 Å². The van der Waals surface area contributed by atoms with E-state index >= 15 is 0 Å². The average molecular weight is 442 g/mol. The van der Waals surface area contributed by atoms with Crippen LogP contribution in [-0.4, -0.2) is 65.0 Å². The van der Waals surface area contributed by atoms with Crippen molar-refractivity contribution in [3.8, 4) is 0 Å². The number of fused-ring (bicyclic) bond motifs is 1. The number of nitrogens with zero attached hydrogens (tertiary/aromatic N) is 5. The van der Waals surface area contributed by atoms with Gasteiger partial charge in [0.25, 0.3) is 5.91 Å². The number of benzene rings is 1. The third-order valence-corrected chi connectivity index (χ3v) is 6.90. The van der Waals surface area contributed by atoms with Gasteiger partial charge in [0.2, 0.25) is 0 Å². The van der Waals surface area contributed by atoms with E-state index in [1.165, 1.54) is 11.1 Å². The van der Waals surface area contributed by atoms with Crippen molar-refractivity contribution in [3.05, 3.63) is 40.7 Å². The van der Waals surface area contributed by atoms with E-state index in [2.05, 4.69) is 36.0 Å². The van der Waals surface area contributed by atoms with Crippen molar-refractivity contribution in [1.82, 2.24) is 19.7 Å². The normalized spacial score (nSPS) is 15.2. The molecule has 0 N–H and O–H groups in total. The number of thiazole rings is 1. The first-order chi connectivity index (χ1) is 14.8. The zero-order chi connectivity index (χ0) is 22.1. The third-order valence-electron chi connectivity index (χ3n) is 5.86. The van der Waals surface area contributed by atoms with Crippen LogP contribution in [0.5, 0.6) is 0 Å². The maximum Gasteiger partial charge on any atom is 0.278 e. The van der Waals surface area contributed by atoms with Gasteiger partial charge in [-0.05, 0) is 57.9 Å². The van der Waals surface area contributed by atoms with E-state index < -0.39 is 0 Å². The minimum atomic E-state index is -0.0454. The Bertz CT molecular complexity index is 1080. The summed E-state index contributed by atoms with van der Waals surface area (Å²) >= 11 is 1.58. The van der Waals surface area contributed by atoms with Crippen LogP contribution in [-0.2, 0) is 4.74 Å². The topological polar surface area (TPSA) is 63.5 Å². The van der Waals surface area contributed by atoms with Gasteiger partial charge in [-0.1, -0.05) is 17.4 Å². The molecule has 166 valence electrons. The summed E-state index contributed by atoms with van der Waals surface area (Å²) in [5.74, 6) is -0.0454. The molecule has 0 spiro atoms. The third kappa shape index (κ3) is 4.51. The maximum atomic E-state index is 13.8. The van der Waals surface area contributed by atoms with E-state index in [-0.39, 0.29) is 11.9 Å². The first-order valence-corrected chi connectivity index (χ1v) is 11.7. The zero-order valence-electron chi connectivity index (χ0n) is 19.0. The number of rotatable bonds is 6. The second-order valence-electron chi connectivity index (χ2n) is 8.47. The number of aromatic nitrogens is 3. The molecule has 3 heterocycles. The number of ether oxygens (including phenoxy) is 1. The number of morpholine rings is 1. The van der Waals surface area contributed by atoms with Gasteiger partial charge in [0.05, 0.1) is 29.1 Å². The molecule has 4 rings (SSSR count). The largest absolute Gasteiger partial charge is 0.379 e. The van der Waals surface area contributed by atoms with E-state index in [0.717, 1.165) is 53.9 Å². The van der Waals surface area contributed by atoms with Gasteiger partial charge in [-0.2, -0.15) is 5.10 Å². The van der Waals surface area contributed by atoms with Crippen LogP contribution in [0, 0.1) is 20.8 Å². The van der Waals surface area contributed by atoms with Gasteiger partial charge in [-0.25, -0.2) is 4.98 Å². The van der Waals surface area contributed by atoms with Crippen LogP contribution < -0.4 is 4.90 Å². The van der Waals surface area contributed by atoms with Gasteiger partial charge >= 0.3 is 0 Å². The quantitative estimate of drug-likeness (QED) is 0.579. The molecule has 31 heavy (non-hydrogen) atoms. The van der Waals surface area contributed by atoms with Crippen LogP contribution >= 0.6 is 11.3 Å². The highest BCUT2D eigenvalue weighted by atomic mass is 32.1. The van der Waals surface area contributed by atoms with Crippen LogP contribution in [0.25, 0.3) is 10.2 Å². The molecule has 7 nitrogen and oxygen atoms in total. The highest BCUT2D eigenvalue weighted by Gasteiger charge is 2.27. The molecule has 1 fully saturated rings. The smallest absolute Gasteiger partial charge is 0.278 e. The van der Waals surface area contributed by atoms with E-state index in [9.17, 15) is 4.79 Å². The second-order valence-corrected chi connectivity index (χ2v) is 9.48. The molecular weight excluding hydrogens is 410 g/mol. The molecule has 3 aromatic rings. The van der Waals surface area contributed by atoms with Crippen molar-refractivity contribution in [3.63, 3.8) is 0 Å². The molecule has 2 aromatic heterocycles. The Labute approximate surface area is 187 Å². The summed E-state index contributed by atoms with van der Waals surface area (Å²) in [6.45, 7) is 14.9. The number of amides is 1. The Hall–Kier alpha value is -2.29. The molecule has 0 aliphatic carbocycles. The van der Waals surface area contributed by atoms with Gasteiger partial charge in [-0.15, -0.1) is 0 Å². The van der Waals surface area contributed by atoms with E-state index in [1.54, 1.807) is 11.3 Å². The van der Waals surface area contributed by atoms with E-state index in [1.807, 2.05) is 36.4 Å². The lowest BCUT2D eigenvalue weighted by atomic mass is 10.1. The molecule has 1 aliphatic heterocycles. The molecule has 0 radical (unpaired) electrons. The van der Waals surface area contributed by atoms with Crippen molar-refractivity contribution in [2.75, 3.05) is 44.3 Å². The summed E-state index contributed by atoms with van der Waals surface area (Å²) in [6.07, 6.45) is 0. The van der Waals surface area contributed by atoms with Gasteiger partial charge in [0, 0.05) is 32.2 Å². The van der Waals surface area contributed by atoms with Crippen molar-refractivity contribution in [2.24, 2.45) is 0 Å². The van der Waals surface area contributed by atoms with Crippen LogP contribution in [0.15, 0.2) is 18.2 Å². The number of carbonyl (C=O) groups is 1. The molecule has 0 saturated carbocycles. The first-order valence-electron chi connectivity index (χ1n) is 10.9. The highest BCUT2D eigenvalue weighted by molar-refractivity contribution is 7.22. The molecule has 1 aliphatic rings. The van der Waals surface area contributed by atoms with Crippen LogP contribution in [0.2, 0.25) is 0 Å². The van der Waals surface area contributed by atoms with Crippen molar-refractivity contribution < 1.29 is 9.53 Å². The molecular formula is C23H31N5O2S. The molecule has 0 unspecified atom stereocenters. The minimum Gasteiger partial charge on any atom is -0.379 e. The van der Waals surface area contributed by atoms with Crippen molar-refractivity contribution in [1.29, 1.82) is 0 Å². The summed E-state index contributed by atoms with van der Waals surface area (Å²) in [5.41, 5.74) is 4.83. The fourth-order valence-electron chi connectivity index (χ4n) is 3.89. The molecule has 1 amide bonds. The number of carbonyl (C=O) groups excluding carboxylic acids is 1. The summed E-state index contributed by atoms with van der Waals surface area (Å²) < 4.78 is 8.40. The molecule has 1 saturated heterocycles. The van der Waals surface area contributed by atoms with Crippen LogP contribution in [0.1, 0.15) is 47.2 Å². The molecule has 0 bridgehead atoms. The molecule has 1 aromatic carbocycles. The minimum absolute atomic E-state index is 0.0454. The Morgan fingerprint density at radius 1 is 1.23 bits per heavy atom. The van der Waals surface area contributed by atoms with E-state index in [4.69, 9.17) is 9.72 Å². The predicted molar refractivity (Wildman–Crippen MR) is 125 cm³/mol. The molecule has 8 heteroatoms. The number of aryl methyl sites for hydroxylation is 3. The van der Waals surface area contributed by atoms with Crippen LogP contribution in [0.3, 0.4) is 0 Å². The fourth-order valence-corrected chi connectivity index (χ4v) is 4.94. The standard InChI is InChI=1S/C23H31N5O2S/c1-15(2)28-19(14-17(4)25-28)22(29)27(9-8-26-10-12-30-13-11-26)23-24-21-18(5)16(3)6-7-20(21)31-23/h6-7,14-15H,8-13H2,1-5H3. The van der Waals surface area contributed by atoms with Gasteiger partial charge in [0.1, 0.15) is 5.69 Å². The fraction of sp³-hybridized carbons (Fsp3) is 0.522. The summed E-state index contributed by atoms with van der Waals surface area (Å²) in [7, 11) is 0. The Kier molecular flexibility index (Phi) is 6.41. The number of hydrogen-bond donors (Lipinski definition) is 0. The SMILES string of the molecule is Cc1cc(C(=O)N(CCN2CCOCC2)c2nc3c(C)c(C)ccc3s2)n(C(C)C)n1. The summed E-state index contributed by atoms with van der Waals surface area (Å²) in [4.78, 5) is 22.9. The molecule has 0 atom stereocenters. The average Bonchev–Trinajstić information content (AvgIpc) is 3.36. The number of hydrogen-bond acceptors (Lipinski definition) is 6. The van der Waals surface area contributed by atoms with Gasteiger partial charge < -0.3 is 4.74 Å². The lowest BCUT2D eigenvalue weighted by Gasteiger charge is -2.29. The Morgan fingerprint density at radius 2 is 1.97 bits per heavy atom. The number of anilines is 1. The second kappa shape index (κ2) is 9.06. The predicted octanol–water partition coefficient (Wildman–Crippen LogP) is 3.98. The lowest BCUT2D eigenvalue weighted by molar-refractivity contribution is 0.0391. The van der Waals surface area contributed by atoms with Crippen molar-refractivity contribution >= 4 is 32.6 Å². The van der Waals surface area contributed by atoms with Crippen LogP contribution in [0.4, 0.5) is 5.13 Å². The van der Waals surface area contributed by atoms with Gasteiger partial charge in [0.15, 0.2) is 5.13 Å². The monoisotopic (exact) mass is 441 g/mol. The Morgan fingerprint density at radius 3 is 2.68 bits per heavy atom. The maximum absolute atomic E-state index is 13.8. The van der Waals surface area contributed by atoms with Crippen molar-refractivity contribution in [2.45, 2.75) is 40.7 Å². The van der Waals surface area contributed by atoms with Gasteiger partial charge in [-0.3, -0.25) is 19.3 Å². The highest BCUT2D eigenvalue weighted by Crippen LogP contribution is 2.33. The first kappa shape index (κ1) is 21.9. The lowest BCUT2D eigenvalue weighted by Crippen LogP contribution is -2.43.